The maximum atomic E-state index is 13.8. The second-order valence-electron chi connectivity index (χ2n) is 8.62. The van der Waals surface area contributed by atoms with Gasteiger partial charge >= 0.3 is 0 Å². The molecule has 3 aromatic rings. The smallest absolute Gasteiger partial charge is 0.244 e. The van der Waals surface area contributed by atoms with Gasteiger partial charge in [-0.2, -0.15) is 0 Å². The lowest BCUT2D eigenvalue weighted by Gasteiger charge is -2.33. The molecule has 38 heavy (non-hydrogen) atoms. The summed E-state index contributed by atoms with van der Waals surface area (Å²) in [6, 6.07) is 18.0. The largest absolute Gasteiger partial charge is 0.355 e. The predicted molar refractivity (Wildman–Crippen MR) is 148 cm³/mol. The molecule has 0 saturated heterocycles. The zero-order chi connectivity index (χ0) is 27.9. The highest BCUT2D eigenvalue weighted by atomic mass is 35.5. The number of anilines is 1. The van der Waals surface area contributed by atoms with Gasteiger partial charge in [-0.3, -0.25) is 13.9 Å². The van der Waals surface area contributed by atoms with Gasteiger partial charge < -0.3 is 10.2 Å². The molecule has 0 aliphatic rings. The first-order valence-electron chi connectivity index (χ1n) is 11.8. The zero-order valence-electron chi connectivity index (χ0n) is 20.9. The molecular weight excluding hydrogens is 552 g/mol. The molecule has 3 rings (SSSR count). The topological polar surface area (TPSA) is 86.8 Å². The van der Waals surface area contributed by atoms with Crippen LogP contribution in [0.15, 0.2) is 72.8 Å². The Morgan fingerprint density at radius 3 is 2.18 bits per heavy atom. The Bertz CT molecular complexity index is 1370. The van der Waals surface area contributed by atoms with Gasteiger partial charge in [-0.05, 0) is 48.4 Å². The van der Waals surface area contributed by atoms with Gasteiger partial charge in [0.15, 0.2) is 0 Å². The fourth-order valence-corrected chi connectivity index (χ4v) is 5.02. The average molecular weight is 581 g/mol. The van der Waals surface area contributed by atoms with Crippen LogP contribution < -0.4 is 9.62 Å². The molecule has 3 aromatic carbocycles. The van der Waals surface area contributed by atoms with E-state index in [2.05, 4.69) is 5.32 Å². The molecule has 0 aliphatic heterocycles. The van der Waals surface area contributed by atoms with Crippen LogP contribution in [0.1, 0.15) is 18.1 Å². The standard InChI is InChI=1S/C27H28Cl2FN3O4S/c1-3-31-27(35)25(15-19-7-5-4-6-8-19)32(17-20-9-11-21(30)12-10-20)26(34)18-33(38(2,36)37)22-13-14-23(28)24(29)16-22/h4-14,16,25H,3,15,17-18H2,1-2H3,(H,31,35). The third kappa shape index (κ3) is 7.93. The maximum absolute atomic E-state index is 13.8. The number of nitrogens with zero attached hydrogens (tertiary/aromatic N) is 2. The van der Waals surface area contributed by atoms with Crippen molar-refractivity contribution in [3.8, 4) is 0 Å². The molecule has 202 valence electrons. The number of halogens is 3. The third-order valence-corrected chi connectivity index (χ3v) is 7.64. The van der Waals surface area contributed by atoms with Crippen LogP contribution in [0.3, 0.4) is 0 Å². The van der Waals surface area contributed by atoms with Crippen molar-refractivity contribution in [2.75, 3.05) is 23.7 Å². The summed E-state index contributed by atoms with van der Waals surface area (Å²) >= 11 is 12.1. The van der Waals surface area contributed by atoms with Crippen LogP contribution in [-0.2, 0) is 32.6 Å². The summed E-state index contributed by atoms with van der Waals surface area (Å²) in [6.45, 7) is 1.45. The van der Waals surface area contributed by atoms with E-state index < -0.39 is 40.2 Å². The van der Waals surface area contributed by atoms with Crippen LogP contribution in [0, 0.1) is 5.82 Å². The molecule has 0 heterocycles. The number of likely N-dealkylation sites (N-methyl/N-ethyl adjacent to an activating group) is 1. The quantitative estimate of drug-likeness (QED) is 0.357. The molecule has 0 bridgehead atoms. The second kappa shape index (κ2) is 13.1. The Labute approximate surface area is 232 Å². The minimum absolute atomic E-state index is 0.0489. The average Bonchev–Trinajstić information content (AvgIpc) is 2.87. The van der Waals surface area contributed by atoms with Crippen molar-refractivity contribution in [2.45, 2.75) is 25.9 Å². The van der Waals surface area contributed by atoms with Gasteiger partial charge in [0.2, 0.25) is 21.8 Å². The summed E-state index contributed by atoms with van der Waals surface area (Å²) < 4.78 is 40.0. The van der Waals surface area contributed by atoms with Gasteiger partial charge in [-0.15, -0.1) is 0 Å². The van der Waals surface area contributed by atoms with Crippen molar-refractivity contribution < 1.29 is 22.4 Å². The fraction of sp³-hybridized carbons (Fsp3) is 0.259. The molecule has 0 fully saturated rings. The van der Waals surface area contributed by atoms with Gasteiger partial charge in [0.1, 0.15) is 18.4 Å². The molecule has 0 radical (unpaired) electrons. The molecule has 2 amide bonds. The molecule has 0 aromatic heterocycles. The normalized spacial score (nSPS) is 12.0. The van der Waals surface area contributed by atoms with Crippen LogP contribution in [-0.4, -0.2) is 50.5 Å². The Morgan fingerprint density at radius 2 is 1.61 bits per heavy atom. The van der Waals surface area contributed by atoms with Crippen LogP contribution in [0.4, 0.5) is 10.1 Å². The highest BCUT2D eigenvalue weighted by molar-refractivity contribution is 7.92. The molecule has 1 unspecified atom stereocenters. The van der Waals surface area contributed by atoms with E-state index in [0.717, 1.165) is 16.1 Å². The Hall–Kier alpha value is -3.14. The first-order valence-corrected chi connectivity index (χ1v) is 14.4. The van der Waals surface area contributed by atoms with Crippen molar-refractivity contribution in [1.29, 1.82) is 0 Å². The number of hydrogen-bond acceptors (Lipinski definition) is 4. The number of hydrogen-bond donors (Lipinski definition) is 1. The third-order valence-electron chi connectivity index (χ3n) is 5.76. The molecule has 7 nitrogen and oxygen atoms in total. The van der Waals surface area contributed by atoms with E-state index in [-0.39, 0.29) is 28.7 Å². The van der Waals surface area contributed by atoms with Crippen LogP contribution in [0.5, 0.6) is 0 Å². The molecule has 0 spiro atoms. The van der Waals surface area contributed by atoms with Gasteiger partial charge in [0.05, 0.1) is 22.0 Å². The van der Waals surface area contributed by atoms with E-state index >= 15 is 0 Å². The molecule has 0 saturated carbocycles. The Kier molecular flexibility index (Phi) is 10.1. The Morgan fingerprint density at radius 1 is 0.947 bits per heavy atom. The first-order chi connectivity index (χ1) is 18.0. The van der Waals surface area contributed by atoms with Crippen LogP contribution >= 0.6 is 23.2 Å². The molecule has 11 heteroatoms. The lowest BCUT2D eigenvalue weighted by atomic mass is 10.0. The lowest BCUT2D eigenvalue weighted by molar-refractivity contribution is -0.140. The Balaban J connectivity index is 2.04. The van der Waals surface area contributed by atoms with Crippen molar-refractivity contribution >= 4 is 50.7 Å². The van der Waals surface area contributed by atoms with E-state index in [9.17, 15) is 22.4 Å². The summed E-state index contributed by atoms with van der Waals surface area (Å²) in [5, 5.41) is 3.12. The van der Waals surface area contributed by atoms with E-state index in [4.69, 9.17) is 23.2 Å². The molecule has 1 atom stereocenters. The lowest BCUT2D eigenvalue weighted by Crippen LogP contribution is -2.53. The zero-order valence-corrected chi connectivity index (χ0v) is 23.2. The van der Waals surface area contributed by atoms with Gasteiger partial charge in [-0.1, -0.05) is 65.7 Å². The SMILES string of the molecule is CCNC(=O)C(Cc1ccccc1)N(Cc1ccc(F)cc1)C(=O)CN(c1ccc(Cl)c(Cl)c1)S(C)(=O)=O. The summed E-state index contributed by atoms with van der Waals surface area (Å²) in [5.74, 6) is -1.47. The van der Waals surface area contributed by atoms with Gasteiger partial charge in [0.25, 0.3) is 0 Å². The fourth-order valence-electron chi connectivity index (χ4n) is 3.89. The number of nitrogens with one attached hydrogen (secondary N) is 1. The van der Waals surface area contributed by atoms with Crippen molar-refractivity contribution in [3.05, 3.63) is 99.8 Å². The predicted octanol–water partition coefficient (Wildman–Crippen LogP) is 4.67. The number of sulfonamides is 1. The van der Waals surface area contributed by atoms with E-state index in [1.165, 1.54) is 47.4 Å². The van der Waals surface area contributed by atoms with E-state index in [1.54, 1.807) is 6.92 Å². The van der Waals surface area contributed by atoms with Crippen molar-refractivity contribution in [3.63, 3.8) is 0 Å². The maximum Gasteiger partial charge on any atom is 0.244 e. The first kappa shape index (κ1) is 29.4. The second-order valence-corrected chi connectivity index (χ2v) is 11.3. The number of amides is 2. The summed E-state index contributed by atoms with van der Waals surface area (Å²) in [4.78, 5) is 28.4. The molecule has 0 aliphatic carbocycles. The van der Waals surface area contributed by atoms with E-state index in [1.807, 2.05) is 30.3 Å². The minimum Gasteiger partial charge on any atom is -0.355 e. The summed E-state index contributed by atoms with van der Waals surface area (Å²) in [7, 11) is -3.94. The monoisotopic (exact) mass is 579 g/mol. The highest BCUT2D eigenvalue weighted by Gasteiger charge is 2.33. The van der Waals surface area contributed by atoms with Crippen LogP contribution in [0.25, 0.3) is 0 Å². The van der Waals surface area contributed by atoms with Gasteiger partial charge in [-0.25, -0.2) is 12.8 Å². The van der Waals surface area contributed by atoms with E-state index in [0.29, 0.717) is 12.1 Å². The number of benzene rings is 3. The van der Waals surface area contributed by atoms with Gasteiger partial charge in [0, 0.05) is 19.5 Å². The number of rotatable bonds is 11. The number of carbonyl (C=O) groups is 2. The minimum atomic E-state index is -3.94. The summed E-state index contributed by atoms with van der Waals surface area (Å²) in [6.07, 6.45) is 1.16. The van der Waals surface area contributed by atoms with Crippen molar-refractivity contribution in [1.82, 2.24) is 10.2 Å². The molecular formula is C27H28Cl2FN3O4S. The van der Waals surface area contributed by atoms with Crippen molar-refractivity contribution in [2.24, 2.45) is 0 Å². The summed E-state index contributed by atoms with van der Waals surface area (Å²) in [5.41, 5.74) is 1.53. The van der Waals surface area contributed by atoms with Crippen LogP contribution in [0.2, 0.25) is 10.0 Å². The molecule has 1 N–H and O–H groups in total. The number of carbonyl (C=O) groups excluding carboxylic acids is 2. The highest BCUT2D eigenvalue weighted by Crippen LogP contribution is 2.29.